The third kappa shape index (κ3) is 1.71. The number of nitrogens with zero attached hydrogens (tertiary/aromatic N) is 1. The summed E-state index contributed by atoms with van der Waals surface area (Å²) >= 11 is 0. The lowest BCUT2D eigenvalue weighted by molar-refractivity contribution is -0.137. The molecule has 0 aliphatic carbocycles. The maximum absolute atomic E-state index is 10.7. The monoisotopic (exact) mass is 205 g/mol. The predicted octanol–water partition coefficient (Wildman–Crippen LogP) is 1.22. The quantitative estimate of drug-likeness (QED) is 0.791. The molecule has 2 N–H and O–H groups in total. The lowest BCUT2D eigenvalue weighted by atomic mass is 10.2. The van der Waals surface area contributed by atoms with Crippen molar-refractivity contribution in [2.75, 3.05) is 0 Å². The average molecular weight is 205 g/mol. The van der Waals surface area contributed by atoms with Gasteiger partial charge in [0.1, 0.15) is 6.54 Å². The molecule has 1 aromatic heterocycles. The number of benzene rings is 1. The van der Waals surface area contributed by atoms with Gasteiger partial charge in [-0.05, 0) is 17.5 Å². The first kappa shape index (κ1) is 9.73. The van der Waals surface area contributed by atoms with Crippen molar-refractivity contribution >= 4 is 16.9 Å². The molecule has 0 fully saturated rings. The Morgan fingerprint density at radius 1 is 1.33 bits per heavy atom. The molecule has 0 bridgehead atoms. The van der Waals surface area contributed by atoms with Gasteiger partial charge in [0, 0.05) is 11.2 Å². The van der Waals surface area contributed by atoms with Crippen LogP contribution in [0.1, 0.15) is 5.69 Å². The van der Waals surface area contributed by atoms with E-state index in [4.69, 9.17) is 10.2 Å². The fourth-order valence-corrected chi connectivity index (χ4v) is 1.72. The number of carboxylic acids is 1. The van der Waals surface area contributed by atoms with Crippen molar-refractivity contribution in [2.24, 2.45) is 0 Å². The second-order valence-electron chi connectivity index (χ2n) is 3.33. The highest BCUT2D eigenvalue weighted by molar-refractivity contribution is 5.82. The van der Waals surface area contributed by atoms with E-state index in [2.05, 4.69) is 0 Å². The van der Waals surface area contributed by atoms with Crippen LogP contribution in [-0.2, 0) is 17.9 Å². The Hall–Kier alpha value is -1.81. The number of rotatable bonds is 3. The van der Waals surface area contributed by atoms with Crippen LogP contribution in [0.25, 0.3) is 10.9 Å². The Morgan fingerprint density at radius 2 is 2.07 bits per heavy atom. The molecule has 15 heavy (non-hydrogen) atoms. The minimum absolute atomic E-state index is 0.122. The van der Waals surface area contributed by atoms with Crippen LogP contribution in [0.3, 0.4) is 0 Å². The van der Waals surface area contributed by atoms with Crippen LogP contribution in [0.15, 0.2) is 30.3 Å². The zero-order chi connectivity index (χ0) is 10.8. The van der Waals surface area contributed by atoms with E-state index < -0.39 is 5.97 Å². The number of hydrogen-bond acceptors (Lipinski definition) is 2. The van der Waals surface area contributed by atoms with Crippen molar-refractivity contribution in [3.63, 3.8) is 0 Å². The second-order valence-corrected chi connectivity index (χ2v) is 3.33. The number of carboxylic acid groups (broad SMARTS) is 1. The number of aromatic nitrogens is 1. The standard InChI is InChI=1S/C11H11NO3/c13-7-9-5-8-3-1-2-4-10(8)12(9)6-11(14)15/h1-5,13H,6-7H2,(H,14,15). The second kappa shape index (κ2) is 3.74. The molecule has 1 heterocycles. The summed E-state index contributed by atoms with van der Waals surface area (Å²) in [6.07, 6.45) is 0. The number of aliphatic hydroxyl groups is 1. The molecule has 2 aromatic rings. The number of para-hydroxylation sites is 1. The minimum atomic E-state index is -0.911. The molecule has 1 aromatic carbocycles. The van der Waals surface area contributed by atoms with E-state index in [9.17, 15) is 4.79 Å². The molecule has 0 amide bonds. The van der Waals surface area contributed by atoms with Crippen molar-refractivity contribution < 1.29 is 15.0 Å². The van der Waals surface area contributed by atoms with Gasteiger partial charge in [-0.25, -0.2) is 0 Å². The van der Waals surface area contributed by atoms with Gasteiger partial charge >= 0.3 is 5.97 Å². The van der Waals surface area contributed by atoms with Crippen LogP contribution in [0.5, 0.6) is 0 Å². The van der Waals surface area contributed by atoms with Crippen molar-refractivity contribution in [3.05, 3.63) is 36.0 Å². The fraction of sp³-hybridized carbons (Fsp3) is 0.182. The largest absolute Gasteiger partial charge is 0.480 e. The molecule has 0 aliphatic heterocycles. The molecule has 0 saturated heterocycles. The summed E-state index contributed by atoms with van der Waals surface area (Å²) in [6.45, 7) is -0.272. The van der Waals surface area contributed by atoms with Gasteiger partial charge in [-0.1, -0.05) is 18.2 Å². The van der Waals surface area contributed by atoms with Gasteiger partial charge in [0.05, 0.1) is 6.61 Å². The molecule has 0 spiro atoms. The van der Waals surface area contributed by atoms with Crippen molar-refractivity contribution in [1.82, 2.24) is 4.57 Å². The third-order valence-electron chi connectivity index (χ3n) is 2.35. The Bertz CT molecular complexity index is 502. The number of aliphatic hydroxyl groups excluding tert-OH is 1. The van der Waals surface area contributed by atoms with Crippen LogP contribution in [0.4, 0.5) is 0 Å². The molecule has 0 atom stereocenters. The summed E-state index contributed by atoms with van der Waals surface area (Å²) in [5.41, 5.74) is 1.46. The molecular formula is C11H11NO3. The molecule has 2 rings (SSSR count). The summed E-state index contributed by atoms with van der Waals surface area (Å²) in [5, 5.41) is 18.8. The zero-order valence-corrected chi connectivity index (χ0v) is 8.05. The first-order valence-corrected chi connectivity index (χ1v) is 4.62. The van der Waals surface area contributed by atoms with Gasteiger partial charge in [-0.15, -0.1) is 0 Å². The van der Waals surface area contributed by atoms with E-state index in [0.717, 1.165) is 10.9 Å². The SMILES string of the molecule is O=C(O)Cn1c(CO)cc2ccccc21. The van der Waals surface area contributed by atoms with Crippen LogP contribution >= 0.6 is 0 Å². The van der Waals surface area contributed by atoms with E-state index in [-0.39, 0.29) is 13.2 Å². The summed E-state index contributed by atoms with van der Waals surface area (Å²) in [5.74, 6) is -0.911. The highest BCUT2D eigenvalue weighted by atomic mass is 16.4. The van der Waals surface area contributed by atoms with Gasteiger partial charge in [-0.3, -0.25) is 4.79 Å². The van der Waals surface area contributed by atoms with E-state index in [0.29, 0.717) is 5.69 Å². The molecule has 0 radical (unpaired) electrons. The normalized spacial score (nSPS) is 10.7. The van der Waals surface area contributed by atoms with Crippen molar-refractivity contribution in [2.45, 2.75) is 13.2 Å². The molecule has 78 valence electrons. The lowest BCUT2D eigenvalue weighted by Gasteiger charge is -2.05. The smallest absolute Gasteiger partial charge is 0.323 e. The van der Waals surface area contributed by atoms with Crippen molar-refractivity contribution in [3.8, 4) is 0 Å². The number of fused-ring (bicyclic) bond motifs is 1. The lowest BCUT2D eigenvalue weighted by Crippen LogP contribution is -2.11. The Labute approximate surface area is 86.4 Å². The number of hydrogen-bond donors (Lipinski definition) is 2. The molecule has 4 heteroatoms. The predicted molar refractivity (Wildman–Crippen MR) is 55.5 cm³/mol. The average Bonchev–Trinajstić information content (AvgIpc) is 2.56. The number of aliphatic carboxylic acids is 1. The maximum atomic E-state index is 10.7. The summed E-state index contributed by atoms with van der Waals surface area (Å²) in [6, 6.07) is 9.28. The van der Waals surface area contributed by atoms with Gasteiger partial charge < -0.3 is 14.8 Å². The van der Waals surface area contributed by atoms with E-state index in [1.54, 1.807) is 10.6 Å². The van der Waals surface area contributed by atoms with Crippen LogP contribution in [-0.4, -0.2) is 20.7 Å². The zero-order valence-electron chi connectivity index (χ0n) is 8.05. The highest BCUT2D eigenvalue weighted by Crippen LogP contribution is 2.19. The fourth-order valence-electron chi connectivity index (χ4n) is 1.72. The third-order valence-corrected chi connectivity index (χ3v) is 2.35. The van der Waals surface area contributed by atoms with Crippen molar-refractivity contribution in [1.29, 1.82) is 0 Å². The highest BCUT2D eigenvalue weighted by Gasteiger charge is 2.09. The minimum Gasteiger partial charge on any atom is -0.480 e. The summed E-state index contributed by atoms with van der Waals surface area (Å²) in [4.78, 5) is 10.7. The molecule has 4 nitrogen and oxygen atoms in total. The molecule has 0 unspecified atom stereocenters. The van der Waals surface area contributed by atoms with Gasteiger partial charge in [0.2, 0.25) is 0 Å². The topological polar surface area (TPSA) is 62.5 Å². The van der Waals surface area contributed by atoms with Crippen LogP contribution in [0, 0.1) is 0 Å². The van der Waals surface area contributed by atoms with Gasteiger partial charge in [-0.2, -0.15) is 0 Å². The Balaban J connectivity index is 2.61. The first-order chi connectivity index (χ1) is 7.22. The Morgan fingerprint density at radius 3 is 2.73 bits per heavy atom. The Kier molecular flexibility index (Phi) is 2.43. The van der Waals surface area contributed by atoms with E-state index in [1.807, 2.05) is 24.3 Å². The maximum Gasteiger partial charge on any atom is 0.323 e. The van der Waals surface area contributed by atoms with Gasteiger partial charge in [0.25, 0.3) is 0 Å². The van der Waals surface area contributed by atoms with E-state index in [1.165, 1.54) is 0 Å². The summed E-state index contributed by atoms with van der Waals surface area (Å²) < 4.78 is 1.61. The van der Waals surface area contributed by atoms with Gasteiger partial charge in [0.15, 0.2) is 0 Å². The number of carbonyl (C=O) groups is 1. The first-order valence-electron chi connectivity index (χ1n) is 4.62. The van der Waals surface area contributed by atoms with E-state index >= 15 is 0 Å². The summed E-state index contributed by atoms with van der Waals surface area (Å²) in [7, 11) is 0. The van der Waals surface area contributed by atoms with Crippen LogP contribution < -0.4 is 0 Å². The molecule has 0 saturated carbocycles. The van der Waals surface area contributed by atoms with Crippen LogP contribution in [0.2, 0.25) is 0 Å². The molecule has 0 aliphatic rings. The molecular weight excluding hydrogens is 194 g/mol.